The fourth-order valence-corrected chi connectivity index (χ4v) is 5.98. The molecule has 2 aliphatic rings. The zero-order valence-corrected chi connectivity index (χ0v) is 22.2. The average molecular weight is 516 g/mol. The summed E-state index contributed by atoms with van der Waals surface area (Å²) < 4.78 is 1.16. The van der Waals surface area contributed by atoms with Crippen molar-refractivity contribution in [1.82, 2.24) is 29.7 Å². The number of amides is 1. The maximum Gasteiger partial charge on any atom is 0.237 e. The lowest BCUT2D eigenvalue weighted by atomic mass is 10.0. The molecule has 0 spiro atoms. The Morgan fingerprint density at radius 3 is 2.76 bits per heavy atom. The van der Waals surface area contributed by atoms with E-state index in [-0.39, 0.29) is 5.91 Å². The first-order valence-corrected chi connectivity index (χ1v) is 13.9. The molecule has 3 aromatic heterocycles. The molecule has 0 saturated carbocycles. The Kier molecular flexibility index (Phi) is 6.67. The minimum atomic E-state index is 0.232. The van der Waals surface area contributed by atoms with Crippen LogP contribution in [0.2, 0.25) is 0 Å². The van der Waals surface area contributed by atoms with Gasteiger partial charge in [-0.25, -0.2) is 9.97 Å². The molecule has 2 aliphatic heterocycles. The zero-order valence-electron chi connectivity index (χ0n) is 21.4. The number of carbonyl (C=O) groups is 1. The predicted molar refractivity (Wildman–Crippen MR) is 151 cm³/mol. The number of fused-ring (bicyclic) bond motifs is 2. The highest BCUT2D eigenvalue weighted by molar-refractivity contribution is 7.16. The summed E-state index contributed by atoms with van der Waals surface area (Å²) in [5.74, 6) is 0.232. The number of hydrogen-bond acceptors (Lipinski definition) is 7. The van der Waals surface area contributed by atoms with Gasteiger partial charge >= 0.3 is 0 Å². The van der Waals surface area contributed by atoms with E-state index in [1.807, 2.05) is 28.7 Å². The molecule has 1 fully saturated rings. The molecule has 2 N–H and O–H groups in total. The summed E-state index contributed by atoms with van der Waals surface area (Å²) >= 11 is 1.64. The third kappa shape index (κ3) is 5.12. The van der Waals surface area contributed by atoms with Crippen LogP contribution in [0.3, 0.4) is 0 Å². The van der Waals surface area contributed by atoms with Crippen molar-refractivity contribution in [2.45, 2.75) is 26.3 Å². The Labute approximate surface area is 221 Å². The Balaban J connectivity index is 1.11. The standard InChI is InChI=1S/C28H33N7OS/c1-19(2)34-13-11-33(12-14-34)17-27(36)35-9-6-20(7-10-35)25-16-22-23(5-8-29-28(22)32-25)31-21-3-4-24-26(15-21)37-18-30-24/h3-6,8,15-16,18-19H,7,9-14,17H2,1-2H3,(H2,29,31,32). The fraction of sp³-hybridized carbons (Fsp3) is 0.393. The van der Waals surface area contributed by atoms with Crippen LogP contribution in [-0.4, -0.2) is 87.4 Å². The lowest BCUT2D eigenvalue weighted by Crippen LogP contribution is -2.52. The van der Waals surface area contributed by atoms with Crippen LogP contribution in [0.1, 0.15) is 26.0 Å². The van der Waals surface area contributed by atoms with E-state index in [0.29, 0.717) is 19.1 Å². The van der Waals surface area contributed by atoms with E-state index in [1.165, 1.54) is 5.57 Å². The number of anilines is 2. The largest absolute Gasteiger partial charge is 0.355 e. The quantitative estimate of drug-likeness (QED) is 0.392. The molecule has 1 aromatic carbocycles. The third-order valence-corrected chi connectivity index (χ3v) is 8.34. The predicted octanol–water partition coefficient (Wildman–Crippen LogP) is 4.56. The van der Waals surface area contributed by atoms with Crippen molar-refractivity contribution < 1.29 is 4.79 Å². The summed E-state index contributed by atoms with van der Waals surface area (Å²) in [6, 6.07) is 11.0. The van der Waals surface area contributed by atoms with Crippen LogP contribution in [0.25, 0.3) is 26.8 Å². The van der Waals surface area contributed by atoms with Crippen LogP contribution in [0.5, 0.6) is 0 Å². The first kappa shape index (κ1) is 24.1. The maximum absolute atomic E-state index is 13.0. The number of rotatable bonds is 6. The summed E-state index contributed by atoms with van der Waals surface area (Å²) in [6.45, 7) is 10.4. The van der Waals surface area contributed by atoms with Crippen molar-refractivity contribution in [3.63, 3.8) is 0 Å². The van der Waals surface area contributed by atoms with Gasteiger partial charge in [0.1, 0.15) is 5.65 Å². The van der Waals surface area contributed by atoms with Gasteiger partial charge in [0.15, 0.2) is 0 Å². The second kappa shape index (κ2) is 10.2. The molecule has 1 saturated heterocycles. The molecule has 0 aliphatic carbocycles. The highest BCUT2D eigenvalue weighted by atomic mass is 32.1. The molecule has 0 atom stereocenters. The molecule has 192 valence electrons. The summed E-state index contributed by atoms with van der Waals surface area (Å²) in [5.41, 5.74) is 8.11. The smallest absolute Gasteiger partial charge is 0.237 e. The van der Waals surface area contributed by atoms with Crippen molar-refractivity contribution in [3.05, 3.63) is 53.8 Å². The molecule has 5 heterocycles. The Hall–Kier alpha value is -3.27. The molecule has 9 heteroatoms. The number of carbonyl (C=O) groups excluding carboxylic acids is 1. The lowest BCUT2D eigenvalue weighted by molar-refractivity contribution is -0.132. The second-order valence-corrected chi connectivity index (χ2v) is 11.1. The number of thiazole rings is 1. The van der Waals surface area contributed by atoms with Crippen LogP contribution in [0.4, 0.5) is 11.4 Å². The molecule has 8 nitrogen and oxygen atoms in total. The van der Waals surface area contributed by atoms with Gasteiger partial charge in [-0.2, -0.15) is 0 Å². The highest BCUT2D eigenvalue weighted by Gasteiger charge is 2.24. The Morgan fingerprint density at radius 1 is 1.11 bits per heavy atom. The van der Waals surface area contributed by atoms with Crippen LogP contribution in [0, 0.1) is 0 Å². The molecular formula is C28H33N7OS. The molecule has 6 rings (SSSR count). The van der Waals surface area contributed by atoms with E-state index in [9.17, 15) is 4.79 Å². The van der Waals surface area contributed by atoms with Crippen molar-refractivity contribution in [3.8, 4) is 0 Å². The van der Waals surface area contributed by atoms with Gasteiger partial charge in [-0.05, 0) is 56.2 Å². The number of benzene rings is 1. The monoisotopic (exact) mass is 515 g/mol. The van der Waals surface area contributed by atoms with E-state index in [2.05, 4.69) is 68.2 Å². The van der Waals surface area contributed by atoms with E-state index in [1.54, 1.807) is 11.3 Å². The van der Waals surface area contributed by atoms with Gasteiger partial charge < -0.3 is 15.2 Å². The zero-order chi connectivity index (χ0) is 25.4. The topological polar surface area (TPSA) is 80.4 Å². The van der Waals surface area contributed by atoms with Crippen LogP contribution in [0.15, 0.2) is 48.1 Å². The van der Waals surface area contributed by atoms with Gasteiger partial charge in [0.2, 0.25) is 5.91 Å². The van der Waals surface area contributed by atoms with Crippen LogP contribution in [-0.2, 0) is 4.79 Å². The number of H-pyrrole nitrogens is 1. The Bertz CT molecular complexity index is 1450. The van der Waals surface area contributed by atoms with Crippen LogP contribution >= 0.6 is 11.3 Å². The van der Waals surface area contributed by atoms with Crippen LogP contribution < -0.4 is 5.32 Å². The average Bonchev–Trinajstić information content (AvgIpc) is 3.56. The summed E-state index contributed by atoms with van der Waals surface area (Å²) in [6.07, 6.45) is 4.85. The van der Waals surface area contributed by atoms with Crippen molar-refractivity contribution in [1.29, 1.82) is 0 Å². The summed E-state index contributed by atoms with van der Waals surface area (Å²) in [5, 5.41) is 4.61. The number of pyridine rings is 1. The van der Waals surface area contributed by atoms with Gasteiger partial charge in [-0.1, -0.05) is 6.08 Å². The number of aromatic nitrogens is 3. The minimum Gasteiger partial charge on any atom is -0.355 e. The number of hydrogen-bond donors (Lipinski definition) is 2. The molecule has 37 heavy (non-hydrogen) atoms. The van der Waals surface area contributed by atoms with Gasteiger partial charge in [-0.3, -0.25) is 14.6 Å². The van der Waals surface area contributed by atoms with E-state index >= 15 is 0 Å². The molecule has 1 amide bonds. The first-order chi connectivity index (χ1) is 18.0. The van der Waals surface area contributed by atoms with Gasteiger partial charge in [0, 0.05) is 68.3 Å². The third-order valence-electron chi connectivity index (χ3n) is 7.55. The second-order valence-electron chi connectivity index (χ2n) is 10.2. The molecule has 4 aromatic rings. The molecular weight excluding hydrogens is 482 g/mol. The number of nitrogens with one attached hydrogen (secondary N) is 2. The number of aromatic amines is 1. The van der Waals surface area contributed by atoms with Crippen molar-refractivity contribution in [2.24, 2.45) is 0 Å². The highest BCUT2D eigenvalue weighted by Crippen LogP contribution is 2.31. The van der Waals surface area contributed by atoms with Gasteiger partial charge in [0.25, 0.3) is 0 Å². The van der Waals surface area contributed by atoms with E-state index < -0.39 is 0 Å². The Morgan fingerprint density at radius 2 is 1.97 bits per heavy atom. The molecule has 0 radical (unpaired) electrons. The normalized spacial score (nSPS) is 17.6. The summed E-state index contributed by atoms with van der Waals surface area (Å²) in [7, 11) is 0. The van der Waals surface area contributed by atoms with E-state index in [4.69, 9.17) is 0 Å². The summed E-state index contributed by atoms with van der Waals surface area (Å²) in [4.78, 5) is 32.1. The van der Waals surface area contributed by atoms with Crippen molar-refractivity contribution in [2.75, 3.05) is 51.1 Å². The lowest BCUT2D eigenvalue weighted by Gasteiger charge is -2.37. The van der Waals surface area contributed by atoms with Gasteiger partial charge in [0.05, 0.1) is 28.0 Å². The molecule has 0 bridgehead atoms. The maximum atomic E-state index is 13.0. The van der Waals surface area contributed by atoms with E-state index in [0.717, 1.165) is 77.5 Å². The molecule has 0 unspecified atom stereocenters. The fourth-order valence-electron chi connectivity index (χ4n) is 5.27. The minimum absolute atomic E-state index is 0.232. The first-order valence-electron chi connectivity index (χ1n) is 13.0. The number of nitrogens with zero attached hydrogens (tertiary/aromatic N) is 5. The number of piperazine rings is 1. The van der Waals surface area contributed by atoms with Gasteiger partial charge in [-0.15, -0.1) is 11.3 Å². The SMILES string of the molecule is CC(C)N1CCN(CC(=O)N2CC=C(c3cc4c(Nc5ccc6ncsc6c5)ccnc4[nH]3)CC2)CC1. The van der Waals surface area contributed by atoms with Crippen molar-refractivity contribution >= 4 is 55.4 Å².